The summed E-state index contributed by atoms with van der Waals surface area (Å²) in [4.78, 5) is 11.8. The van der Waals surface area contributed by atoms with Gasteiger partial charge in [-0.15, -0.1) is 0 Å². The summed E-state index contributed by atoms with van der Waals surface area (Å²) in [6.45, 7) is 1.46. The molecule has 21 heavy (non-hydrogen) atoms. The molecule has 1 N–H and O–H groups in total. The average Bonchev–Trinajstić information content (AvgIpc) is 2.47. The van der Waals surface area contributed by atoms with E-state index in [4.69, 9.17) is 0 Å². The van der Waals surface area contributed by atoms with E-state index < -0.39 is 15.8 Å². The van der Waals surface area contributed by atoms with Crippen molar-refractivity contribution in [3.63, 3.8) is 0 Å². The number of carbonyl (C=O) groups is 1. The highest BCUT2D eigenvalue weighted by atomic mass is 32.2. The second-order valence-corrected chi connectivity index (χ2v) is 6.31. The zero-order valence-corrected chi connectivity index (χ0v) is 12.3. The van der Waals surface area contributed by atoms with Crippen LogP contribution in [0.15, 0.2) is 52.3 Å². The average molecular weight is 306 g/mol. The van der Waals surface area contributed by atoms with Gasteiger partial charge in [0.2, 0.25) is 9.84 Å². The third kappa shape index (κ3) is 2.62. The lowest BCUT2D eigenvalue weighted by atomic mass is 10.1. The first-order valence-corrected chi connectivity index (χ1v) is 7.59. The van der Waals surface area contributed by atoms with Gasteiger partial charge in [-0.1, -0.05) is 18.2 Å². The second kappa shape index (κ2) is 5.57. The lowest BCUT2D eigenvalue weighted by Crippen LogP contribution is -2.10. The van der Waals surface area contributed by atoms with Crippen LogP contribution >= 0.6 is 0 Å². The van der Waals surface area contributed by atoms with Crippen molar-refractivity contribution < 1.29 is 23.1 Å². The van der Waals surface area contributed by atoms with Crippen molar-refractivity contribution in [3.05, 3.63) is 53.6 Å². The van der Waals surface area contributed by atoms with Gasteiger partial charge in [0.15, 0.2) is 0 Å². The lowest BCUT2D eigenvalue weighted by Gasteiger charge is -2.12. The van der Waals surface area contributed by atoms with E-state index in [2.05, 4.69) is 4.74 Å². The fraction of sp³-hybridized carbons (Fsp3) is 0.133. The van der Waals surface area contributed by atoms with Crippen LogP contribution in [0, 0.1) is 6.92 Å². The predicted molar refractivity (Wildman–Crippen MR) is 76.1 cm³/mol. The van der Waals surface area contributed by atoms with Crippen LogP contribution < -0.4 is 0 Å². The molecule has 2 aromatic carbocycles. The summed E-state index contributed by atoms with van der Waals surface area (Å²) in [6.07, 6.45) is 0. The molecule has 2 aromatic rings. The fourth-order valence-electron chi connectivity index (χ4n) is 2.06. The summed E-state index contributed by atoms with van der Waals surface area (Å²) in [5, 5.41) is 9.76. The molecule has 0 atom stereocenters. The van der Waals surface area contributed by atoms with E-state index in [9.17, 15) is 18.3 Å². The highest BCUT2D eigenvalue weighted by Gasteiger charge is 2.25. The molecule has 0 saturated carbocycles. The number of phenols is 1. The van der Waals surface area contributed by atoms with Crippen molar-refractivity contribution in [2.24, 2.45) is 0 Å². The quantitative estimate of drug-likeness (QED) is 0.880. The number of methoxy groups -OCH3 is 1. The van der Waals surface area contributed by atoms with E-state index in [1.807, 2.05) is 0 Å². The van der Waals surface area contributed by atoms with Crippen molar-refractivity contribution in [3.8, 4) is 5.75 Å². The van der Waals surface area contributed by atoms with E-state index >= 15 is 0 Å². The fourth-order valence-corrected chi connectivity index (χ4v) is 3.58. The molecule has 0 amide bonds. The number of carbonyl (C=O) groups excluding carboxylic acids is 1. The summed E-state index contributed by atoms with van der Waals surface area (Å²) < 4.78 is 29.8. The molecule has 0 saturated heterocycles. The Balaban J connectivity index is 2.69. The molecular weight excluding hydrogens is 292 g/mol. The Morgan fingerprint density at radius 2 is 1.71 bits per heavy atom. The minimum Gasteiger partial charge on any atom is -0.507 e. The molecule has 0 aliphatic heterocycles. The Hall–Kier alpha value is -2.34. The van der Waals surface area contributed by atoms with Gasteiger partial charge in [-0.05, 0) is 36.8 Å². The predicted octanol–water partition coefficient (Wildman–Crippen LogP) is 2.32. The van der Waals surface area contributed by atoms with Gasteiger partial charge in [0.25, 0.3) is 0 Å². The number of phenolic OH excluding ortho intramolecular Hbond substituents is 1. The summed E-state index contributed by atoms with van der Waals surface area (Å²) in [5.41, 5.74) is 0.0141. The van der Waals surface area contributed by atoms with E-state index in [0.717, 1.165) is 0 Å². The maximum atomic E-state index is 12.6. The van der Waals surface area contributed by atoms with Gasteiger partial charge in [0.1, 0.15) is 11.3 Å². The van der Waals surface area contributed by atoms with Crippen LogP contribution in [0.3, 0.4) is 0 Å². The van der Waals surface area contributed by atoms with E-state index in [1.165, 1.54) is 38.3 Å². The van der Waals surface area contributed by atoms with Crippen molar-refractivity contribution in [2.45, 2.75) is 16.7 Å². The summed E-state index contributed by atoms with van der Waals surface area (Å²) >= 11 is 0. The zero-order valence-electron chi connectivity index (χ0n) is 11.5. The Bertz CT molecular complexity index is 779. The molecule has 0 fully saturated rings. The van der Waals surface area contributed by atoms with Crippen molar-refractivity contribution in [1.29, 1.82) is 0 Å². The standard InChI is InChI=1S/C15H14O5S/c1-10-13(9-8-12(16)14(10)15(17)20-2)21(18,19)11-6-4-3-5-7-11/h3-9,16H,1-2H3. The second-order valence-electron chi connectivity index (χ2n) is 4.39. The molecule has 0 radical (unpaired) electrons. The molecule has 0 aliphatic rings. The maximum Gasteiger partial charge on any atom is 0.341 e. The number of benzene rings is 2. The summed E-state index contributed by atoms with van der Waals surface area (Å²) in [7, 11) is -2.60. The number of rotatable bonds is 3. The number of hydrogen-bond donors (Lipinski definition) is 1. The van der Waals surface area contributed by atoms with Crippen molar-refractivity contribution in [1.82, 2.24) is 0 Å². The van der Waals surface area contributed by atoms with Crippen molar-refractivity contribution >= 4 is 15.8 Å². The number of hydrogen-bond acceptors (Lipinski definition) is 5. The molecule has 0 unspecified atom stereocenters. The van der Waals surface area contributed by atoms with Crippen molar-refractivity contribution in [2.75, 3.05) is 7.11 Å². The molecule has 0 spiro atoms. The SMILES string of the molecule is COC(=O)c1c(O)ccc(S(=O)(=O)c2ccccc2)c1C. The van der Waals surface area contributed by atoms with Gasteiger partial charge in [-0.2, -0.15) is 0 Å². The van der Waals surface area contributed by atoms with Crippen LogP contribution in [0.25, 0.3) is 0 Å². The van der Waals surface area contributed by atoms with Crippen LogP contribution in [0.4, 0.5) is 0 Å². The molecule has 0 aromatic heterocycles. The van der Waals surface area contributed by atoms with E-state index in [0.29, 0.717) is 0 Å². The van der Waals surface area contributed by atoms with Gasteiger partial charge >= 0.3 is 5.97 Å². The first-order valence-electron chi connectivity index (χ1n) is 6.10. The first kappa shape index (κ1) is 15.1. The Labute approximate surface area is 122 Å². The van der Waals surface area contributed by atoms with Gasteiger partial charge in [0.05, 0.1) is 16.9 Å². The monoisotopic (exact) mass is 306 g/mol. The Morgan fingerprint density at radius 1 is 1.10 bits per heavy atom. The van der Waals surface area contributed by atoms with Crippen LogP contribution in [0.1, 0.15) is 15.9 Å². The molecule has 6 heteroatoms. The molecule has 110 valence electrons. The topological polar surface area (TPSA) is 80.7 Å². The molecule has 0 bridgehead atoms. The Kier molecular flexibility index (Phi) is 3.99. The minimum atomic E-state index is -3.77. The van der Waals surface area contributed by atoms with Gasteiger partial charge < -0.3 is 9.84 Å². The van der Waals surface area contributed by atoms with E-state index in [-0.39, 0.29) is 26.7 Å². The van der Waals surface area contributed by atoms with Gasteiger partial charge in [0, 0.05) is 0 Å². The van der Waals surface area contributed by atoms with Gasteiger partial charge in [-0.25, -0.2) is 13.2 Å². The number of esters is 1. The smallest absolute Gasteiger partial charge is 0.341 e. The third-order valence-corrected chi connectivity index (χ3v) is 5.04. The van der Waals surface area contributed by atoms with E-state index in [1.54, 1.807) is 18.2 Å². The van der Waals surface area contributed by atoms with Crippen LogP contribution in [-0.4, -0.2) is 26.6 Å². The highest BCUT2D eigenvalue weighted by Crippen LogP contribution is 2.31. The van der Waals surface area contributed by atoms with Crippen LogP contribution in [-0.2, 0) is 14.6 Å². The van der Waals surface area contributed by atoms with Crippen LogP contribution in [0.5, 0.6) is 5.75 Å². The molecule has 2 rings (SSSR count). The molecular formula is C15H14O5S. The largest absolute Gasteiger partial charge is 0.507 e. The normalized spacial score (nSPS) is 11.1. The summed E-state index contributed by atoms with van der Waals surface area (Å²) in [5.74, 6) is -1.10. The number of sulfone groups is 1. The molecule has 5 nitrogen and oxygen atoms in total. The van der Waals surface area contributed by atoms with Gasteiger partial charge in [-0.3, -0.25) is 0 Å². The molecule has 0 heterocycles. The Morgan fingerprint density at radius 3 is 2.29 bits per heavy atom. The maximum absolute atomic E-state index is 12.6. The highest BCUT2D eigenvalue weighted by molar-refractivity contribution is 7.91. The first-order chi connectivity index (χ1) is 9.89. The molecule has 0 aliphatic carbocycles. The van der Waals surface area contributed by atoms with Crippen LogP contribution in [0.2, 0.25) is 0 Å². The minimum absolute atomic E-state index is 0.0353. The zero-order chi connectivity index (χ0) is 15.6. The third-order valence-electron chi connectivity index (χ3n) is 3.13. The number of aromatic hydroxyl groups is 1. The summed E-state index contributed by atoms with van der Waals surface area (Å²) in [6, 6.07) is 10.3. The number of ether oxygens (including phenoxy) is 1. The lowest BCUT2D eigenvalue weighted by molar-refractivity contribution is 0.0596.